The number of nitrogens with zero attached hydrogens (tertiary/aromatic N) is 2. The van der Waals surface area contributed by atoms with Crippen molar-refractivity contribution < 1.29 is 14.4 Å². The summed E-state index contributed by atoms with van der Waals surface area (Å²) in [5, 5.41) is 5.83. The predicted octanol–water partition coefficient (Wildman–Crippen LogP) is 4.78. The molecule has 2 heterocycles. The van der Waals surface area contributed by atoms with E-state index in [1.54, 1.807) is 35.6 Å². The van der Waals surface area contributed by atoms with Gasteiger partial charge in [-0.15, -0.1) is 11.3 Å². The summed E-state index contributed by atoms with van der Waals surface area (Å²) in [5.74, 6) is -0.915. The summed E-state index contributed by atoms with van der Waals surface area (Å²) < 4.78 is 0. The summed E-state index contributed by atoms with van der Waals surface area (Å²) in [4.78, 5) is 43.2. The van der Waals surface area contributed by atoms with Crippen LogP contribution in [-0.2, 0) is 11.3 Å². The molecule has 0 saturated heterocycles. The predicted molar refractivity (Wildman–Crippen MR) is 131 cm³/mol. The third kappa shape index (κ3) is 4.38. The van der Waals surface area contributed by atoms with E-state index in [0.29, 0.717) is 17.7 Å². The highest BCUT2D eigenvalue weighted by atomic mass is 32.1. The summed E-state index contributed by atoms with van der Waals surface area (Å²) in [5.41, 5.74) is 4.73. The molecule has 0 spiro atoms. The van der Waals surface area contributed by atoms with Gasteiger partial charge in [-0.2, -0.15) is 0 Å². The topological polar surface area (TPSA) is 79.4 Å². The largest absolute Gasteiger partial charge is 0.352 e. The van der Waals surface area contributed by atoms with Crippen LogP contribution in [0.1, 0.15) is 32.7 Å². The molecule has 1 aliphatic rings. The van der Waals surface area contributed by atoms with Crippen molar-refractivity contribution >= 4 is 29.1 Å². The van der Waals surface area contributed by atoms with Crippen molar-refractivity contribution in [3.63, 3.8) is 0 Å². The molecule has 1 aliphatic heterocycles. The molecule has 0 aliphatic carbocycles. The van der Waals surface area contributed by atoms with Crippen LogP contribution in [0.4, 0.5) is 0 Å². The molecule has 7 heteroatoms. The second-order valence-electron chi connectivity index (χ2n) is 7.94. The third-order valence-corrected chi connectivity index (χ3v) is 6.57. The number of fused-ring (bicyclic) bond motifs is 1. The van der Waals surface area contributed by atoms with Gasteiger partial charge in [0.15, 0.2) is 0 Å². The third-order valence-electron chi connectivity index (χ3n) is 5.68. The number of carbonyl (C=O) groups is 3. The summed E-state index contributed by atoms with van der Waals surface area (Å²) in [6.45, 7) is 0.408. The van der Waals surface area contributed by atoms with Crippen LogP contribution >= 0.6 is 11.3 Å². The Bertz CT molecular complexity index is 1350. The first-order valence-electron chi connectivity index (χ1n) is 10.9. The van der Waals surface area contributed by atoms with E-state index >= 15 is 0 Å². The zero-order valence-corrected chi connectivity index (χ0v) is 19.0. The molecule has 3 aromatic carbocycles. The molecule has 4 aromatic rings. The van der Waals surface area contributed by atoms with Crippen LogP contribution in [0.5, 0.6) is 0 Å². The standard InChI is InChI=1S/C27H21N3O3S/c31-24(13-14-30-26(32)21-11-4-5-12-22(21)27(30)33)28-16-18-7-6-10-20(15-18)25-29-23(17-34-25)19-8-2-1-3-9-19/h1-12,15,17H,13-14,16H2,(H,28,31). The summed E-state index contributed by atoms with van der Waals surface area (Å²) in [7, 11) is 0. The Hall–Kier alpha value is -4.10. The van der Waals surface area contributed by atoms with E-state index < -0.39 is 0 Å². The number of rotatable bonds is 7. The fourth-order valence-corrected chi connectivity index (χ4v) is 4.73. The van der Waals surface area contributed by atoms with E-state index in [-0.39, 0.29) is 30.7 Å². The number of hydrogen-bond acceptors (Lipinski definition) is 5. The van der Waals surface area contributed by atoms with Gasteiger partial charge in [-0.1, -0.05) is 60.7 Å². The molecule has 5 rings (SSSR count). The van der Waals surface area contributed by atoms with Crippen LogP contribution in [0.15, 0.2) is 84.2 Å². The van der Waals surface area contributed by atoms with Crippen molar-refractivity contribution in [2.45, 2.75) is 13.0 Å². The molecular weight excluding hydrogens is 446 g/mol. The van der Waals surface area contributed by atoms with E-state index in [1.807, 2.05) is 60.0 Å². The maximum atomic E-state index is 12.4. The highest BCUT2D eigenvalue weighted by Crippen LogP contribution is 2.29. The van der Waals surface area contributed by atoms with Gasteiger partial charge in [0.1, 0.15) is 5.01 Å². The van der Waals surface area contributed by atoms with Crippen LogP contribution in [0.2, 0.25) is 0 Å². The maximum Gasteiger partial charge on any atom is 0.261 e. The van der Waals surface area contributed by atoms with E-state index in [1.165, 1.54) is 0 Å². The fraction of sp³-hybridized carbons (Fsp3) is 0.111. The van der Waals surface area contributed by atoms with Gasteiger partial charge in [-0.25, -0.2) is 4.98 Å². The first-order chi connectivity index (χ1) is 16.6. The van der Waals surface area contributed by atoms with Gasteiger partial charge in [-0.3, -0.25) is 19.3 Å². The molecule has 34 heavy (non-hydrogen) atoms. The first kappa shape index (κ1) is 21.7. The van der Waals surface area contributed by atoms with Crippen LogP contribution in [0.25, 0.3) is 21.8 Å². The monoisotopic (exact) mass is 467 g/mol. The normalized spacial score (nSPS) is 12.6. The average molecular weight is 468 g/mol. The number of hydrogen-bond donors (Lipinski definition) is 1. The van der Waals surface area contributed by atoms with Gasteiger partial charge >= 0.3 is 0 Å². The molecule has 6 nitrogen and oxygen atoms in total. The lowest BCUT2D eigenvalue weighted by atomic mass is 10.1. The number of nitrogens with one attached hydrogen (secondary N) is 1. The van der Waals surface area contributed by atoms with Gasteiger partial charge in [-0.05, 0) is 23.8 Å². The molecule has 0 fully saturated rings. The average Bonchev–Trinajstić information content (AvgIpc) is 3.47. The SMILES string of the molecule is O=C(CCN1C(=O)c2ccccc2C1=O)NCc1cccc(-c2nc(-c3ccccc3)cs2)c1. The second-order valence-corrected chi connectivity index (χ2v) is 8.80. The first-order valence-corrected chi connectivity index (χ1v) is 11.8. The lowest BCUT2D eigenvalue weighted by molar-refractivity contribution is -0.121. The van der Waals surface area contributed by atoms with Crippen molar-refractivity contribution in [3.05, 3.63) is 101 Å². The Kier molecular flexibility index (Phi) is 6.01. The number of carbonyl (C=O) groups excluding carboxylic acids is 3. The smallest absolute Gasteiger partial charge is 0.261 e. The molecular formula is C27H21N3O3S. The molecule has 0 unspecified atom stereocenters. The molecule has 3 amide bonds. The highest BCUT2D eigenvalue weighted by molar-refractivity contribution is 7.13. The summed E-state index contributed by atoms with van der Waals surface area (Å²) in [6, 6.07) is 24.6. The summed E-state index contributed by atoms with van der Waals surface area (Å²) >= 11 is 1.58. The number of thiazole rings is 1. The Labute approximate surface area is 200 Å². The minimum Gasteiger partial charge on any atom is -0.352 e. The Morgan fingerprint density at radius 3 is 2.26 bits per heavy atom. The second kappa shape index (κ2) is 9.41. The van der Waals surface area contributed by atoms with E-state index in [0.717, 1.165) is 32.3 Å². The maximum absolute atomic E-state index is 12.4. The summed E-state index contributed by atoms with van der Waals surface area (Å²) in [6.07, 6.45) is 0.0536. The van der Waals surface area contributed by atoms with Crippen LogP contribution in [-0.4, -0.2) is 34.2 Å². The Morgan fingerprint density at radius 2 is 1.53 bits per heavy atom. The lowest BCUT2D eigenvalue weighted by Crippen LogP contribution is -2.34. The quantitative estimate of drug-likeness (QED) is 0.397. The van der Waals surface area contributed by atoms with Crippen molar-refractivity contribution in [2.24, 2.45) is 0 Å². The zero-order chi connectivity index (χ0) is 23.5. The van der Waals surface area contributed by atoms with Crippen molar-refractivity contribution in [3.8, 4) is 21.8 Å². The molecule has 0 radical (unpaired) electrons. The van der Waals surface area contributed by atoms with Crippen molar-refractivity contribution in [2.75, 3.05) is 6.54 Å². The van der Waals surface area contributed by atoms with Gasteiger partial charge in [0.25, 0.3) is 11.8 Å². The molecule has 1 aromatic heterocycles. The van der Waals surface area contributed by atoms with E-state index in [4.69, 9.17) is 4.98 Å². The number of aromatic nitrogens is 1. The molecule has 0 bridgehead atoms. The van der Waals surface area contributed by atoms with Gasteiger partial charge < -0.3 is 5.32 Å². The number of amides is 3. The number of benzene rings is 3. The highest BCUT2D eigenvalue weighted by Gasteiger charge is 2.34. The Morgan fingerprint density at radius 1 is 0.853 bits per heavy atom. The molecule has 168 valence electrons. The molecule has 0 saturated carbocycles. The van der Waals surface area contributed by atoms with Crippen molar-refractivity contribution in [1.29, 1.82) is 0 Å². The molecule has 1 N–H and O–H groups in total. The Balaban J connectivity index is 1.18. The zero-order valence-electron chi connectivity index (χ0n) is 18.2. The van der Waals surface area contributed by atoms with Gasteiger partial charge in [0.05, 0.1) is 16.8 Å². The van der Waals surface area contributed by atoms with E-state index in [9.17, 15) is 14.4 Å². The fourth-order valence-electron chi connectivity index (χ4n) is 3.91. The van der Waals surface area contributed by atoms with Crippen LogP contribution in [0, 0.1) is 0 Å². The molecule has 0 atom stereocenters. The minimum absolute atomic E-state index is 0.0536. The lowest BCUT2D eigenvalue weighted by Gasteiger charge is -2.13. The minimum atomic E-state index is -0.348. The van der Waals surface area contributed by atoms with Gasteiger partial charge in [0, 0.05) is 36.0 Å². The van der Waals surface area contributed by atoms with Gasteiger partial charge in [0.2, 0.25) is 5.91 Å². The van der Waals surface area contributed by atoms with Crippen molar-refractivity contribution in [1.82, 2.24) is 15.2 Å². The van der Waals surface area contributed by atoms with Crippen LogP contribution in [0.3, 0.4) is 0 Å². The van der Waals surface area contributed by atoms with Crippen LogP contribution < -0.4 is 5.32 Å². The number of imide groups is 1. The van der Waals surface area contributed by atoms with E-state index in [2.05, 4.69) is 5.32 Å².